The van der Waals surface area contributed by atoms with Gasteiger partial charge in [-0.15, -0.1) is 0 Å². The normalized spacial score (nSPS) is 10.7. The van der Waals surface area contributed by atoms with Gasteiger partial charge in [0.25, 0.3) is 0 Å². The van der Waals surface area contributed by atoms with E-state index in [-0.39, 0.29) is 0 Å². The topological polar surface area (TPSA) is 25.8 Å². The molecule has 31 heavy (non-hydrogen) atoms. The molecule has 5 rings (SSSR count). The molecule has 0 radical (unpaired) electrons. The first kappa shape index (κ1) is 19.0. The van der Waals surface area contributed by atoms with Gasteiger partial charge in [0.05, 0.1) is 17.1 Å². The second-order valence-corrected chi connectivity index (χ2v) is 7.57. The van der Waals surface area contributed by atoms with Crippen LogP contribution in [0.25, 0.3) is 33.8 Å². The molecule has 0 atom stereocenters. The molecular formula is C29H22N2. The molecule has 0 amide bonds. The molecule has 0 saturated carbocycles. The quantitative estimate of drug-likeness (QED) is 0.316. The molecule has 148 valence electrons. The van der Waals surface area contributed by atoms with Gasteiger partial charge in [-0.25, -0.2) is 4.98 Å². The van der Waals surface area contributed by atoms with Crippen LogP contribution in [0.5, 0.6) is 0 Å². The summed E-state index contributed by atoms with van der Waals surface area (Å²) in [4.78, 5) is 9.39. The second-order valence-electron chi connectivity index (χ2n) is 7.57. The summed E-state index contributed by atoms with van der Waals surface area (Å²) in [5, 5.41) is 0. The smallest absolute Gasteiger partial charge is 0.0893 e. The van der Waals surface area contributed by atoms with Gasteiger partial charge in [-0.2, -0.15) is 0 Å². The summed E-state index contributed by atoms with van der Waals surface area (Å²) in [7, 11) is 0. The van der Waals surface area contributed by atoms with E-state index in [0.717, 1.165) is 29.1 Å². The van der Waals surface area contributed by atoms with Gasteiger partial charge in [0.15, 0.2) is 0 Å². The number of nitrogens with zero attached hydrogens (tertiary/aromatic N) is 2. The van der Waals surface area contributed by atoms with Crippen molar-refractivity contribution in [2.75, 3.05) is 0 Å². The predicted octanol–water partition coefficient (Wildman–Crippen LogP) is 7.07. The van der Waals surface area contributed by atoms with Crippen molar-refractivity contribution in [3.63, 3.8) is 0 Å². The maximum absolute atomic E-state index is 4.93. The van der Waals surface area contributed by atoms with Crippen molar-refractivity contribution < 1.29 is 0 Å². The molecule has 3 aromatic carbocycles. The number of benzene rings is 3. The first-order chi connectivity index (χ1) is 15.3. The molecule has 0 aliphatic rings. The summed E-state index contributed by atoms with van der Waals surface area (Å²) in [5.74, 6) is 0. The van der Waals surface area contributed by atoms with E-state index in [1.165, 1.54) is 22.3 Å². The Morgan fingerprint density at radius 2 is 1.13 bits per heavy atom. The summed E-state index contributed by atoms with van der Waals surface area (Å²) in [5.41, 5.74) is 8.82. The SMILES string of the molecule is c1ccc(Cc2cc(-c3ccccc3)cc(-c3cccc(-c4ccccn4)n3)c2)cc1. The van der Waals surface area contributed by atoms with Crippen LogP contribution in [0, 0.1) is 0 Å². The van der Waals surface area contributed by atoms with Crippen LogP contribution in [0.1, 0.15) is 11.1 Å². The third-order valence-electron chi connectivity index (χ3n) is 5.32. The Bertz CT molecular complexity index is 1280. The van der Waals surface area contributed by atoms with Crippen molar-refractivity contribution in [3.8, 4) is 33.8 Å². The molecule has 0 aliphatic carbocycles. The molecule has 0 spiro atoms. The lowest BCUT2D eigenvalue weighted by atomic mass is 9.95. The molecule has 0 aliphatic heterocycles. The third-order valence-corrected chi connectivity index (χ3v) is 5.32. The largest absolute Gasteiger partial charge is 0.255 e. The first-order valence-corrected chi connectivity index (χ1v) is 10.5. The molecule has 0 fully saturated rings. The fourth-order valence-corrected chi connectivity index (χ4v) is 3.82. The lowest BCUT2D eigenvalue weighted by molar-refractivity contribution is 1.19. The summed E-state index contributed by atoms with van der Waals surface area (Å²) in [6.45, 7) is 0. The lowest BCUT2D eigenvalue weighted by Gasteiger charge is -2.11. The Kier molecular flexibility index (Phi) is 5.36. The van der Waals surface area contributed by atoms with E-state index >= 15 is 0 Å². The van der Waals surface area contributed by atoms with Crippen LogP contribution in [0.4, 0.5) is 0 Å². The zero-order valence-electron chi connectivity index (χ0n) is 17.1. The number of pyridine rings is 2. The van der Waals surface area contributed by atoms with Crippen LogP contribution in [0.15, 0.2) is 121 Å². The highest BCUT2D eigenvalue weighted by atomic mass is 14.8. The number of rotatable bonds is 5. The molecule has 2 heteroatoms. The highest BCUT2D eigenvalue weighted by Gasteiger charge is 2.09. The Balaban J connectivity index is 1.60. The molecular weight excluding hydrogens is 376 g/mol. The van der Waals surface area contributed by atoms with Gasteiger partial charge < -0.3 is 0 Å². The zero-order chi connectivity index (χ0) is 20.9. The van der Waals surface area contributed by atoms with Crippen LogP contribution in [-0.2, 0) is 6.42 Å². The van der Waals surface area contributed by atoms with Crippen LogP contribution in [0.3, 0.4) is 0 Å². The molecule has 2 aromatic heterocycles. The molecule has 5 aromatic rings. The second kappa shape index (κ2) is 8.76. The minimum atomic E-state index is 0.882. The van der Waals surface area contributed by atoms with Gasteiger partial charge >= 0.3 is 0 Å². The van der Waals surface area contributed by atoms with E-state index in [0.29, 0.717) is 0 Å². The van der Waals surface area contributed by atoms with Gasteiger partial charge in [0.2, 0.25) is 0 Å². The summed E-state index contributed by atoms with van der Waals surface area (Å²) < 4.78 is 0. The molecule has 2 heterocycles. The molecule has 0 N–H and O–H groups in total. The summed E-state index contributed by atoms with van der Waals surface area (Å²) in [6.07, 6.45) is 2.69. The lowest BCUT2D eigenvalue weighted by Crippen LogP contribution is -1.94. The Hall–Kier alpha value is -4.04. The maximum atomic E-state index is 4.93. The summed E-state index contributed by atoms with van der Waals surface area (Å²) in [6, 6.07) is 39.9. The van der Waals surface area contributed by atoms with E-state index in [4.69, 9.17) is 4.98 Å². The van der Waals surface area contributed by atoms with Crippen molar-refractivity contribution in [2.45, 2.75) is 6.42 Å². The highest BCUT2D eigenvalue weighted by Crippen LogP contribution is 2.29. The van der Waals surface area contributed by atoms with Crippen molar-refractivity contribution in [1.29, 1.82) is 0 Å². The van der Waals surface area contributed by atoms with Crippen molar-refractivity contribution in [2.24, 2.45) is 0 Å². The van der Waals surface area contributed by atoms with E-state index in [1.54, 1.807) is 6.20 Å². The highest BCUT2D eigenvalue weighted by molar-refractivity contribution is 5.74. The Morgan fingerprint density at radius 1 is 0.452 bits per heavy atom. The minimum Gasteiger partial charge on any atom is -0.255 e. The maximum Gasteiger partial charge on any atom is 0.0893 e. The fraction of sp³-hybridized carbons (Fsp3) is 0.0345. The fourth-order valence-electron chi connectivity index (χ4n) is 3.82. The van der Waals surface area contributed by atoms with Crippen molar-refractivity contribution in [3.05, 3.63) is 133 Å². The summed E-state index contributed by atoms with van der Waals surface area (Å²) >= 11 is 0. The van der Waals surface area contributed by atoms with Crippen molar-refractivity contribution >= 4 is 0 Å². The van der Waals surface area contributed by atoms with Crippen LogP contribution >= 0.6 is 0 Å². The standard InChI is InChI=1S/C29H22N2/c1-3-10-22(11-4-1)18-23-19-25(24-12-5-2-6-13-24)21-26(20-23)27-15-9-16-29(31-27)28-14-7-8-17-30-28/h1-17,19-21H,18H2. The predicted molar refractivity (Wildman–Crippen MR) is 128 cm³/mol. The van der Waals surface area contributed by atoms with Gasteiger partial charge in [-0.1, -0.05) is 78.9 Å². The van der Waals surface area contributed by atoms with Crippen molar-refractivity contribution in [1.82, 2.24) is 9.97 Å². The monoisotopic (exact) mass is 398 g/mol. The van der Waals surface area contributed by atoms with E-state index in [1.807, 2.05) is 24.3 Å². The van der Waals surface area contributed by atoms with Gasteiger partial charge in [-0.3, -0.25) is 4.98 Å². The Labute approximate surface area is 182 Å². The molecule has 0 saturated heterocycles. The van der Waals surface area contributed by atoms with Crippen LogP contribution in [-0.4, -0.2) is 9.97 Å². The van der Waals surface area contributed by atoms with Gasteiger partial charge in [0.1, 0.15) is 0 Å². The average molecular weight is 399 g/mol. The number of hydrogen-bond donors (Lipinski definition) is 0. The van der Waals surface area contributed by atoms with Gasteiger partial charge in [-0.05, 0) is 65.1 Å². The van der Waals surface area contributed by atoms with Crippen LogP contribution in [0.2, 0.25) is 0 Å². The third kappa shape index (κ3) is 4.44. The molecule has 2 nitrogen and oxygen atoms in total. The number of hydrogen-bond acceptors (Lipinski definition) is 2. The Morgan fingerprint density at radius 3 is 1.90 bits per heavy atom. The minimum absolute atomic E-state index is 0.882. The van der Waals surface area contributed by atoms with E-state index < -0.39 is 0 Å². The first-order valence-electron chi connectivity index (χ1n) is 10.5. The van der Waals surface area contributed by atoms with Crippen LogP contribution < -0.4 is 0 Å². The van der Waals surface area contributed by atoms with E-state index in [9.17, 15) is 0 Å². The zero-order valence-corrected chi connectivity index (χ0v) is 17.1. The molecule has 0 unspecified atom stereocenters. The number of aromatic nitrogens is 2. The van der Waals surface area contributed by atoms with E-state index in [2.05, 4.69) is 96.0 Å². The molecule has 0 bridgehead atoms. The average Bonchev–Trinajstić information content (AvgIpc) is 2.86. The van der Waals surface area contributed by atoms with Gasteiger partial charge in [0, 0.05) is 11.8 Å².